The highest BCUT2D eigenvalue weighted by atomic mass is 19.1. The average Bonchev–Trinajstić information content (AvgIpc) is 2.57. The van der Waals surface area contributed by atoms with E-state index < -0.39 is 0 Å². The van der Waals surface area contributed by atoms with Crippen LogP contribution in [-0.2, 0) is 0 Å². The van der Waals surface area contributed by atoms with Gasteiger partial charge in [0.25, 0.3) is 0 Å². The Morgan fingerprint density at radius 3 is 1.96 bits per heavy atom. The molecule has 0 saturated carbocycles. The minimum atomic E-state index is -0.338. The number of ether oxygens (including phenoxy) is 1. The highest BCUT2D eigenvalue weighted by Gasteiger charge is 2.14. The molecule has 0 unspecified atom stereocenters. The lowest BCUT2D eigenvalue weighted by Crippen LogP contribution is -2.03. The Morgan fingerprint density at radius 2 is 1.39 bits per heavy atom. The summed E-state index contributed by atoms with van der Waals surface area (Å²) in [6, 6.07) is 11.6. The first-order valence-electron chi connectivity index (χ1n) is 7.07. The molecule has 6 heteroatoms. The van der Waals surface area contributed by atoms with E-state index in [0.29, 0.717) is 35.1 Å². The topological polar surface area (TPSA) is 47.9 Å². The maximum Gasteiger partial charge on any atom is 0.244 e. The lowest BCUT2D eigenvalue weighted by molar-refractivity contribution is 0.326. The van der Waals surface area contributed by atoms with Crippen LogP contribution in [0.4, 0.5) is 8.78 Å². The molecule has 0 fully saturated rings. The van der Waals surface area contributed by atoms with Crippen molar-refractivity contribution in [1.82, 2.24) is 15.2 Å². The van der Waals surface area contributed by atoms with Crippen molar-refractivity contribution in [1.29, 1.82) is 0 Å². The van der Waals surface area contributed by atoms with Gasteiger partial charge in [0, 0.05) is 11.1 Å². The summed E-state index contributed by atoms with van der Waals surface area (Å²) in [5, 5.41) is 8.21. The Labute approximate surface area is 131 Å². The van der Waals surface area contributed by atoms with Crippen LogP contribution in [0.2, 0.25) is 0 Å². The number of rotatable bonds is 4. The summed E-state index contributed by atoms with van der Waals surface area (Å²) in [6.45, 7) is 2.23. The van der Waals surface area contributed by atoms with Crippen molar-refractivity contribution < 1.29 is 13.5 Å². The van der Waals surface area contributed by atoms with Gasteiger partial charge in [-0.25, -0.2) is 8.78 Å². The van der Waals surface area contributed by atoms with Crippen molar-refractivity contribution in [2.24, 2.45) is 0 Å². The van der Waals surface area contributed by atoms with E-state index in [4.69, 9.17) is 4.74 Å². The van der Waals surface area contributed by atoms with Gasteiger partial charge < -0.3 is 4.74 Å². The number of benzene rings is 2. The number of halogens is 2. The molecule has 1 aromatic heterocycles. The third-order valence-corrected chi connectivity index (χ3v) is 3.16. The van der Waals surface area contributed by atoms with Crippen LogP contribution in [0, 0.1) is 11.6 Å². The predicted octanol–water partition coefficient (Wildman–Crippen LogP) is 3.88. The summed E-state index contributed by atoms with van der Waals surface area (Å²) >= 11 is 0. The van der Waals surface area contributed by atoms with Crippen molar-refractivity contribution >= 4 is 0 Å². The van der Waals surface area contributed by atoms with Crippen LogP contribution in [-0.4, -0.2) is 21.8 Å². The van der Waals surface area contributed by atoms with Gasteiger partial charge in [0.2, 0.25) is 5.88 Å². The quantitative estimate of drug-likeness (QED) is 0.733. The van der Waals surface area contributed by atoms with Crippen LogP contribution in [0.3, 0.4) is 0 Å². The molecule has 0 atom stereocenters. The molecule has 0 amide bonds. The Kier molecular flexibility index (Phi) is 4.23. The third kappa shape index (κ3) is 3.31. The largest absolute Gasteiger partial charge is 0.476 e. The summed E-state index contributed by atoms with van der Waals surface area (Å²) in [6.07, 6.45) is 0. The Hall–Kier alpha value is -2.89. The standard InChI is InChI=1S/C17H13F2N3O/c1-2-23-17-15(11-3-7-13(18)8-4-11)21-22-16(20-17)12-5-9-14(19)10-6-12/h3-10H,2H2,1H3. The van der Waals surface area contributed by atoms with Gasteiger partial charge >= 0.3 is 0 Å². The average molecular weight is 313 g/mol. The minimum absolute atomic E-state index is 0.299. The molecular weight excluding hydrogens is 300 g/mol. The highest BCUT2D eigenvalue weighted by Crippen LogP contribution is 2.27. The van der Waals surface area contributed by atoms with Crippen LogP contribution in [0.5, 0.6) is 5.88 Å². The van der Waals surface area contributed by atoms with Crippen LogP contribution in [0.1, 0.15) is 6.92 Å². The van der Waals surface area contributed by atoms with Crippen molar-refractivity contribution in [2.45, 2.75) is 6.92 Å². The summed E-state index contributed by atoms with van der Waals surface area (Å²) in [5.41, 5.74) is 1.71. The fourth-order valence-electron chi connectivity index (χ4n) is 2.06. The number of hydrogen-bond donors (Lipinski definition) is 0. The number of nitrogens with zero attached hydrogens (tertiary/aromatic N) is 3. The third-order valence-electron chi connectivity index (χ3n) is 3.16. The van der Waals surface area contributed by atoms with Gasteiger partial charge in [-0.15, -0.1) is 10.2 Å². The molecule has 2 aromatic carbocycles. The Bertz CT molecular complexity index is 805. The van der Waals surface area contributed by atoms with Gasteiger partial charge in [-0.05, 0) is 55.5 Å². The molecule has 3 aromatic rings. The summed E-state index contributed by atoms with van der Waals surface area (Å²) in [4.78, 5) is 4.35. The molecule has 0 aliphatic heterocycles. The predicted molar refractivity (Wildman–Crippen MR) is 81.8 cm³/mol. The molecule has 4 nitrogen and oxygen atoms in total. The van der Waals surface area contributed by atoms with Crippen molar-refractivity contribution in [3.8, 4) is 28.5 Å². The summed E-state index contributed by atoms with van der Waals surface area (Å²) in [5.74, 6) is -0.0435. The maximum absolute atomic E-state index is 13.1. The van der Waals surface area contributed by atoms with Crippen molar-refractivity contribution in [3.05, 3.63) is 60.2 Å². The molecule has 0 aliphatic rings. The van der Waals surface area contributed by atoms with E-state index in [9.17, 15) is 8.78 Å². The molecule has 0 spiro atoms. The van der Waals surface area contributed by atoms with E-state index in [0.717, 1.165) is 0 Å². The van der Waals surface area contributed by atoms with Crippen LogP contribution in [0.25, 0.3) is 22.6 Å². The van der Waals surface area contributed by atoms with E-state index >= 15 is 0 Å². The van der Waals surface area contributed by atoms with E-state index in [1.807, 2.05) is 6.92 Å². The van der Waals surface area contributed by atoms with Gasteiger partial charge in [-0.2, -0.15) is 4.98 Å². The fourth-order valence-corrected chi connectivity index (χ4v) is 2.06. The van der Waals surface area contributed by atoms with Gasteiger partial charge in [-0.3, -0.25) is 0 Å². The summed E-state index contributed by atoms with van der Waals surface area (Å²) in [7, 11) is 0. The van der Waals surface area contributed by atoms with E-state index in [-0.39, 0.29) is 11.6 Å². The Balaban J connectivity index is 2.04. The number of aromatic nitrogens is 3. The zero-order chi connectivity index (χ0) is 16.2. The maximum atomic E-state index is 13.1. The molecule has 0 N–H and O–H groups in total. The van der Waals surface area contributed by atoms with Crippen LogP contribution < -0.4 is 4.74 Å². The first-order valence-corrected chi connectivity index (χ1v) is 7.07. The molecule has 0 radical (unpaired) electrons. The summed E-state index contributed by atoms with van der Waals surface area (Å²) < 4.78 is 31.6. The van der Waals surface area contributed by atoms with Gasteiger partial charge in [0.1, 0.15) is 11.6 Å². The van der Waals surface area contributed by atoms with Crippen molar-refractivity contribution in [3.63, 3.8) is 0 Å². The van der Waals surface area contributed by atoms with Crippen molar-refractivity contribution in [2.75, 3.05) is 6.61 Å². The molecular formula is C17H13F2N3O. The van der Waals surface area contributed by atoms with Gasteiger partial charge in [0.15, 0.2) is 11.5 Å². The zero-order valence-electron chi connectivity index (χ0n) is 12.3. The molecule has 0 bridgehead atoms. The molecule has 1 heterocycles. The normalized spacial score (nSPS) is 10.6. The van der Waals surface area contributed by atoms with Crippen LogP contribution >= 0.6 is 0 Å². The minimum Gasteiger partial charge on any atom is -0.476 e. The van der Waals surface area contributed by atoms with Gasteiger partial charge in [0.05, 0.1) is 6.61 Å². The second-order valence-corrected chi connectivity index (χ2v) is 4.74. The monoisotopic (exact) mass is 313 g/mol. The second kappa shape index (κ2) is 6.48. The SMILES string of the molecule is CCOc1nc(-c2ccc(F)cc2)nnc1-c1ccc(F)cc1. The van der Waals surface area contributed by atoms with E-state index in [1.165, 1.54) is 24.3 Å². The Morgan fingerprint density at radius 1 is 0.826 bits per heavy atom. The lowest BCUT2D eigenvalue weighted by atomic mass is 10.1. The molecule has 116 valence electrons. The van der Waals surface area contributed by atoms with E-state index in [1.54, 1.807) is 24.3 Å². The smallest absolute Gasteiger partial charge is 0.244 e. The highest BCUT2D eigenvalue weighted by molar-refractivity contribution is 5.65. The first kappa shape index (κ1) is 15.0. The molecule has 23 heavy (non-hydrogen) atoms. The molecule has 0 saturated heterocycles. The number of hydrogen-bond acceptors (Lipinski definition) is 4. The van der Waals surface area contributed by atoms with Crippen LogP contribution in [0.15, 0.2) is 48.5 Å². The fraction of sp³-hybridized carbons (Fsp3) is 0.118. The zero-order valence-corrected chi connectivity index (χ0v) is 12.3. The molecule has 0 aliphatic carbocycles. The second-order valence-electron chi connectivity index (χ2n) is 4.74. The lowest BCUT2D eigenvalue weighted by Gasteiger charge is -2.09. The van der Waals surface area contributed by atoms with Gasteiger partial charge in [-0.1, -0.05) is 0 Å². The molecule has 3 rings (SSSR count). The van der Waals surface area contributed by atoms with E-state index in [2.05, 4.69) is 15.2 Å². The first-order chi connectivity index (χ1) is 11.2.